The summed E-state index contributed by atoms with van der Waals surface area (Å²) in [5, 5.41) is 13.2. The lowest BCUT2D eigenvalue weighted by Crippen LogP contribution is -2.54. The number of nitrogens with one attached hydrogen (secondary N) is 1. The van der Waals surface area contributed by atoms with Crippen LogP contribution in [0.3, 0.4) is 0 Å². The summed E-state index contributed by atoms with van der Waals surface area (Å²) in [6.45, 7) is 3.79. The second-order valence-corrected chi connectivity index (χ2v) is 10.6. The quantitative estimate of drug-likeness (QED) is 0.332. The Balaban J connectivity index is 1.59. The Morgan fingerprint density at radius 3 is 2.64 bits per heavy atom. The number of carbonyl (C=O) groups is 3. The van der Waals surface area contributed by atoms with Crippen molar-refractivity contribution in [3.8, 4) is 11.1 Å². The Bertz CT molecular complexity index is 1540. The van der Waals surface area contributed by atoms with Gasteiger partial charge in [0.15, 0.2) is 0 Å². The maximum absolute atomic E-state index is 13.3. The summed E-state index contributed by atoms with van der Waals surface area (Å²) in [4.78, 5) is 40.7. The van der Waals surface area contributed by atoms with E-state index in [1.165, 1.54) is 23.1 Å². The van der Waals surface area contributed by atoms with Crippen LogP contribution in [-0.4, -0.2) is 22.4 Å². The first-order valence-electron chi connectivity index (χ1n) is 11.3. The van der Waals surface area contributed by atoms with Crippen LogP contribution in [0, 0.1) is 25.2 Å². The third-order valence-corrected chi connectivity index (χ3v) is 8.60. The molecule has 1 fully saturated rings. The highest BCUT2D eigenvalue weighted by atomic mass is 35.5. The number of benzene rings is 1. The first kappa shape index (κ1) is 24.3. The third kappa shape index (κ3) is 3.84. The van der Waals surface area contributed by atoms with Gasteiger partial charge in [0.2, 0.25) is 0 Å². The summed E-state index contributed by atoms with van der Waals surface area (Å²) in [6, 6.07) is 7.92. The molecule has 36 heavy (non-hydrogen) atoms. The monoisotopic (exact) mass is 538 g/mol. The van der Waals surface area contributed by atoms with E-state index in [9.17, 15) is 19.6 Å². The van der Waals surface area contributed by atoms with Crippen LogP contribution >= 0.6 is 34.5 Å². The molecule has 1 N–H and O–H groups in total. The highest BCUT2D eigenvalue weighted by Crippen LogP contribution is 2.39. The molecule has 1 aliphatic carbocycles. The number of aryl methyl sites for hydroxylation is 2. The van der Waals surface area contributed by atoms with E-state index in [2.05, 4.69) is 11.4 Å². The van der Waals surface area contributed by atoms with Gasteiger partial charge in [-0.25, -0.2) is 9.69 Å². The van der Waals surface area contributed by atoms with E-state index < -0.39 is 17.8 Å². The Hall–Kier alpha value is -3.38. The van der Waals surface area contributed by atoms with Crippen LogP contribution in [0.25, 0.3) is 11.1 Å². The predicted octanol–water partition coefficient (Wildman–Crippen LogP) is 5.88. The number of amides is 4. The molecule has 3 aromatic rings. The summed E-state index contributed by atoms with van der Waals surface area (Å²) >= 11 is 14.0. The summed E-state index contributed by atoms with van der Waals surface area (Å²) in [7, 11) is 0. The number of hydrogen-bond acceptors (Lipinski definition) is 5. The van der Waals surface area contributed by atoms with Crippen molar-refractivity contribution in [1.29, 1.82) is 5.26 Å². The van der Waals surface area contributed by atoms with Crippen molar-refractivity contribution < 1.29 is 14.4 Å². The number of carbonyl (C=O) groups excluding carboxylic acids is 3. The first-order chi connectivity index (χ1) is 17.2. The minimum absolute atomic E-state index is 0.0280. The van der Waals surface area contributed by atoms with Gasteiger partial charge in [0.1, 0.15) is 16.6 Å². The van der Waals surface area contributed by atoms with E-state index in [1.807, 2.05) is 24.5 Å². The van der Waals surface area contributed by atoms with E-state index in [0.717, 1.165) is 52.5 Å². The number of aromatic nitrogens is 1. The van der Waals surface area contributed by atoms with Crippen molar-refractivity contribution in [2.45, 2.75) is 39.5 Å². The number of nitrogens with zero attached hydrogens (tertiary/aromatic N) is 3. The molecule has 2 aliphatic rings. The van der Waals surface area contributed by atoms with E-state index in [1.54, 1.807) is 17.4 Å². The number of nitriles is 1. The van der Waals surface area contributed by atoms with Gasteiger partial charge in [0.25, 0.3) is 11.8 Å². The van der Waals surface area contributed by atoms with Gasteiger partial charge in [0.05, 0.1) is 21.3 Å². The SMILES string of the molecule is Cc1cc(C=C2C(=O)NC(=O)N(c3cccc(Cl)c3Cl)C2=O)c(C)n1-c1sc2c(c1C#N)CCCC2. The minimum Gasteiger partial charge on any atom is -0.308 e. The van der Waals surface area contributed by atoms with Crippen LogP contribution in [0.5, 0.6) is 0 Å². The van der Waals surface area contributed by atoms with Gasteiger partial charge in [-0.15, -0.1) is 11.3 Å². The number of fused-ring (bicyclic) bond motifs is 1. The van der Waals surface area contributed by atoms with Crippen LogP contribution in [0.2, 0.25) is 10.0 Å². The Morgan fingerprint density at radius 1 is 1.14 bits per heavy atom. The van der Waals surface area contributed by atoms with Gasteiger partial charge in [0, 0.05) is 16.3 Å². The molecule has 0 spiro atoms. The van der Waals surface area contributed by atoms with Crippen LogP contribution < -0.4 is 10.2 Å². The summed E-state index contributed by atoms with van der Waals surface area (Å²) in [6.07, 6.45) is 5.52. The molecule has 10 heteroatoms. The van der Waals surface area contributed by atoms with Crippen molar-refractivity contribution in [2.24, 2.45) is 0 Å². The second-order valence-electron chi connectivity index (χ2n) is 8.70. The number of hydrogen-bond donors (Lipinski definition) is 1. The fraction of sp³-hybridized carbons (Fsp3) is 0.231. The van der Waals surface area contributed by atoms with Gasteiger partial charge in [-0.2, -0.15) is 5.26 Å². The topological polar surface area (TPSA) is 95.2 Å². The number of halogens is 2. The number of imide groups is 2. The number of anilines is 1. The zero-order valence-electron chi connectivity index (χ0n) is 19.4. The molecule has 4 amide bonds. The standard InChI is InChI=1S/C26H20Cl2N4O3S/c1-13-10-15(14(2)31(13)25-18(12-29)16-6-3-4-9-21(16)36-25)11-17-23(33)30-26(35)32(24(17)34)20-8-5-7-19(27)22(20)28/h5,7-8,10-11H,3-4,6,9H2,1-2H3,(H,30,33,35). The maximum Gasteiger partial charge on any atom is 0.336 e. The number of thiophene rings is 1. The number of rotatable bonds is 3. The summed E-state index contributed by atoms with van der Waals surface area (Å²) in [5.74, 6) is -1.60. The smallest absolute Gasteiger partial charge is 0.308 e. The van der Waals surface area contributed by atoms with Crippen LogP contribution in [0.4, 0.5) is 10.5 Å². The van der Waals surface area contributed by atoms with Gasteiger partial charge in [-0.1, -0.05) is 29.3 Å². The predicted molar refractivity (Wildman–Crippen MR) is 140 cm³/mol. The lowest BCUT2D eigenvalue weighted by Gasteiger charge is -2.27. The van der Waals surface area contributed by atoms with Crippen molar-refractivity contribution in [3.63, 3.8) is 0 Å². The van der Waals surface area contributed by atoms with Crippen LogP contribution in [-0.2, 0) is 22.4 Å². The third-order valence-electron chi connectivity index (χ3n) is 6.51. The van der Waals surface area contributed by atoms with E-state index in [-0.39, 0.29) is 21.3 Å². The highest BCUT2D eigenvalue weighted by molar-refractivity contribution is 7.15. The molecule has 2 aromatic heterocycles. The molecule has 0 unspecified atom stereocenters. The molecular formula is C26H20Cl2N4O3S. The van der Waals surface area contributed by atoms with E-state index >= 15 is 0 Å². The van der Waals surface area contributed by atoms with E-state index in [0.29, 0.717) is 11.1 Å². The molecule has 182 valence electrons. The average Bonchev–Trinajstić information content (AvgIpc) is 3.34. The molecule has 5 rings (SSSR count). The molecular weight excluding hydrogens is 519 g/mol. The first-order valence-corrected chi connectivity index (χ1v) is 12.9. The fourth-order valence-corrected chi connectivity index (χ4v) is 6.60. The van der Waals surface area contributed by atoms with Crippen LogP contribution in [0.1, 0.15) is 45.8 Å². The van der Waals surface area contributed by atoms with Crippen LogP contribution in [0.15, 0.2) is 29.8 Å². The molecule has 7 nitrogen and oxygen atoms in total. The molecule has 1 saturated heterocycles. The largest absolute Gasteiger partial charge is 0.336 e. The molecule has 0 radical (unpaired) electrons. The second kappa shape index (κ2) is 9.25. The van der Waals surface area contributed by atoms with Crippen molar-refractivity contribution in [2.75, 3.05) is 4.90 Å². The lowest BCUT2D eigenvalue weighted by molar-refractivity contribution is -0.122. The number of barbiturate groups is 1. The normalized spacial score (nSPS) is 16.8. The summed E-state index contributed by atoms with van der Waals surface area (Å²) < 4.78 is 2.00. The number of urea groups is 1. The maximum atomic E-state index is 13.3. The zero-order valence-corrected chi connectivity index (χ0v) is 21.8. The van der Waals surface area contributed by atoms with Gasteiger partial charge in [-0.3, -0.25) is 14.9 Å². The Labute approximate surface area is 221 Å². The lowest BCUT2D eigenvalue weighted by atomic mass is 9.96. The van der Waals surface area contributed by atoms with Gasteiger partial charge in [-0.05, 0) is 74.9 Å². The van der Waals surface area contributed by atoms with Crippen molar-refractivity contribution in [1.82, 2.24) is 9.88 Å². The Morgan fingerprint density at radius 2 is 1.89 bits per heavy atom. The van der Waals surface area contributed by atoms with Crippen molar-refractivity contribution in [3.05, 3.63) is 72.8 Å². The molecule has 1 aromatic carbocycles. The fourth-order valence-electron chi connectivity index (χ4n) is 4.77. The molecule has 0 saturated carbocycles. The minimum atomic E-state index is -0.903. The molecule has 1 aliphatic heterocycles. The Kier molecular flexibility index (Phi) is 6.25. The van der Waals surface area contributed by atoms with Gasteiger partial charge >= 0.3 is 6.03 Å². The van der Waals surface area contributed by atoms with Crippen molar-refractivity contribution >= 4 is 64.1 Å². The summed E-state index contributed by atoms with van der Waals surface area (Å²) in [5.41, 5.74) is 3.96. The van der Waals surface area contributed by atoms with E-state index in [4.69, 9.17) is 23.2 Å². The molecule has 0 atom stereocenters. The molecule has 0 bridgehead atoms. The zero-order chi connectivity index (χ0) is 25.7. The average molecular weight is 539 g/mol. The highest BCUT2D eigenvalue weighted by Gasteiger charge is 2.38. The van der Waals surface area contributed by atoms with Gasteiger partial charge < -0.3 is 4.57 Å². The molecule has 3 heterocycles.